The number of oxazole rings is 1. The maximum absolute atomic E-state index is 13.0. The van der Waals surface area contributed by atoms with Crippen molar-refractivity contribution in [3.8, 4) is 11.5 Å². The minimum atomic E-state index is -0.331. The van der Waals surface area contributed by atoms with Crippen LogP contribution >= 0.6 is 0 Å². The molecule has 0 aliphatic carbocycles. The molecule has 3 aromatic rings. The molecule has 0 atom stereocenters. The summed E-state index contributed by atoms with van der Waals surface area (Å²) in [6, 6.07) is 5.84. The van der Waals surface area contributed by atoms with Gasteiger partial charge in [-0.2, -0.15) is 4.98 Å². The molecule has 1 N–H and O–H groups in total. The van der Waals surface area contributed by atoms with Gasteiger partial charge in [-0.3, -0.25) is 4.79 Å². The summed E-state index contributed by atoms with van der Waals surface area (Å²) >= 11 is 0. The van der Waals surface area contributed by atoms with Crippen molar-refractivity contribution < 1.29 is 18.1 Å². The Labute approximate surface area is 162 Å². The van der Waals surface area contributed by atoms with Crippen molar-refractivity contribution in [2.75, 3.05) is 6.54 Å². The van der Waals surface area contributed by atoms with E-state index in [0.717, 1.165) is 0 Å². The molecule has 1 aromatic carbocycles. The summed E-state index contributed by atoms with van der Waals surface area (Å²) in [4.78, 5) is 20.9. The quantitative estimate of drug-likeness (QED) is 0.698. The summed E-state index contributed by atoms with van der Waals surface area (Å²) in [5, 5.41) is 6.75. The van der Waals surface area contributed by atoms with Crippen LogP contribution in [0.1, 0.15) is 43.9 Å². The number of hydrogen-bond acceptors (Lipinski definition) is 6. The molecular formula is C20H23FN4O3. The fourth-order valence-corrected chi connectivity index (χ4v) is 2.50. The number of amides is 1. The highest BCUT2D eigenvalue weighted by Crippen LogP contribution is 2.22. The number of aromatic nitrogens is 3. The van der Waals surface area contributed by atoms with Crippen LogP contribution in [0.15, 0.2) is 33.2 Å². The number of halogens is 1. The van der Waals surface area contributed by atoms with E-state index in [4.69, 9.17) is 8.94 Å². The van der Waals surface area contributed by atoms with Gasteiger partial charge in [-0.15, -0.1) is 0 Å². The van der Waals surface area contributed by atoms with Gasteiger partial charge in [-0.1, -0.05) is 25.9 Å². The maximum Gasteiger partial charge on any atom is 0.232 e. The van der Waals surface area contributed by atoms with Crippen LogP contribution in [-0.2, 0) is 23.1 Å². The third kappa shape index (κ3) is 4.82. The van der Waals surface area contributed by atoms with Crippen molar-refractivity contribution in [1.29, 1.82) is 0 Å². The molecule has 0 saturated carbocycles. The molecule has 8 heteroatoms. The predicted molar refractivity (Wildman–Crippen MR) is 100 cm³/mol. The number of carbonyl (C=O) groups is 1. The molecule has 2 heterocycles. The van der Waals surface area contributed by atoms with Crippen molar-refractivity contribution in [2.45, 2.75) is 46.0 Å². The monoisotopic (exact) mass is 386 g/mol. The van der Waals surface area contributed by atoms with Gasteiger partial charge >= 0.3 is 0 Å². The third-order valence-corrected chi connectivity index (χ3v) is 4.09. The van der Waals surface area contributed by atoms with E-state index in [1.807, 2.05) is 20.8 Å². The van der Waals surface area contributed by atoms with Gasteiger partial charge in [-0.05, 0) is 31.2 Å². The third-order valence-electron chi connectivity index (χ3n) is 4.09. The Morgan fingerprint density at radius 3 is 2.54 bits per heavy atom. The zero-order chi connectivity index (χ0) is 20.3. The molecular weight excluding hydrogens is 363 g/mol. The molecule has 28 heavy (non-hydrogen) atoms. The molecule has 0 radical (unpaired) electrons. The molecule has 0 fully saturated rings. The topological polar surface area (TPSA) is 94.1 Å². The zero-order valence-corrected chi connectivity index (χ0v) is 16.4. The van der Waals surface area contributed by atoms with Crippen LogP contribution in [0.25, 0.3) is 11.5 Å². The number of nitrogens with zero attached hydrogens (tertiary/aromatic N) is 3. The number of carbonyl (C=O) groups excluding carboxylic acids is 1. The second-order valence-corrected chi connectivity index (χ2v) is 7.57. The molecule has 0 unspecified atom stereocenters. The van der Waals surface area contributed by atoms with E-state index < -0.39 is 0 Å². The largest absolute Gasteiger partial charge is 0.441 e. The molecule has 2 aromatic heterocycles. The summed E-state index contributed by atoms with van der Waals surface area (Å²) in [7, 11) is 0. The first-order valence-electron chi connectivity index (χ1n) is 9.04. The lowest BCUT2D eigenvalue weighted by atomic mass is 9.97. The van der Waals surface area contributed by atoms with E-state index in [-0.39, 0.29) is 23.6 Å². The minimum Gasteiger partial charge on any atom is -0.441 e. The van der Waals surface area contributed by atoms with Gasteiger partial charge < -0.3 is 14.3 Å². The number of hydrogen-bond donors (Lipinski definition) is 1. The summed E-state index contributed by atoms with van der Waals surface area (Å²) in [5.74, 6) is 1.54. The lowest BCUT2D eigenvalue weighted by Gasteiger charge is -2.10. The van der Waals surface area contributed by atoms with E-state index in [1.54, 1.807) is 19.1 Å². The van der Waals surface area contributed by atoms with Crippen LogP contribution in [0.2, 0.25) is 0 Å². The minimum absolute atomic E-state index is 0.0933. The lowest BCUT2D eigenvalue weighted by molar-refractivity contribution is -0.120. The van der Waals surface area contributed by atoms with Crippen LogP contribution in [0.5, 0.6) is 0 Å². The van der Waals surface area contributed by atoms with E-state index in [9.17, 15) is 9.18 Å². The van der Waals surface area contributed by atoms with Gasteiger partial charge in [0, 0.05) is 23.9 Å². The first-order chi connectivity index (χ1) is 13.2. The predicted octanol–water partition coefficient (Wildman–Crippen LogP) is 3.37. The van der Waals surface area contributed by atoms with Crippen molar-refractivity contribution in [1.82, 2.24) is 20.4 Å². The smallest absolute Gasteiger partial charge is 0.232 e. The number of nitrogens with one attached hydrogen (secondary N) is 1. The first-order valence-corrected chi connectivity index (χ1v) is 9.04. The molecule has 3 rings (SSSR count). The van der Waals surface area contributed by atoms with Gasteiger partial charge in [0.2, 0.25) is 17.7 Å². The Kier molecular flexibility index (Phi) is 5.58. The Balaban J connectivity index is 1.54. The summed E-state index contributed by atoms with van der Waals surface area (Å²) in [6.07, 6.45) is 0.569. The van der Waals surface area contributed by atoms with E-state index in [0.29, 0.717) is 47.6 Å². The Bertz CT molecular complexity index is 955. The highest BCUT2D eigenvalue weighted by atomic mass is 19.1. The van der Waals surface area contributed by atoms with Crippen molar-refractivity contribution >= 4 is 5.91 Å². The molecule has 7 nitrogen and oxygen atoms in total. The standard InChI is InChI=1S/C20H23FN4O3/c1-12-15(23-18(27-12)13-5-7-14(21)8-6-13)11-17(26)22-10-9-16-24-19(28-25-16)20(2,3)4/h5-8H,9-11H2,1-4H3,(H,22,26). The molecule has 0 spiro atoms. The summed E-state index contributed by atoms with van der Waals surface area (Å²) in [5.41, 5.74) is 0.996. The van der Waals surface area contributed by atoms with Crippen molar-refractivity contribution in [2.24, 2.45) is 0 Å². The lowest BCUT2D eigenvalue weighted by Crippen LogP contribution is -2.27. The molecule has 148 valence electrons. The van der Waals surface area contributed by atoms with Crippen molar-refractivity contribution in [3.05, 3.63) is 53.3 Å². The highest BCUT2D eigenvalue weighted by Gasteiger charge is 2.21. The van der Waals surface area contributed by atoms with E-state index in [2.05, 4.69) is 20.4 Å². The Morgan fingerprint density at radius 2 is 1.89 bits per heavy atom. The van der Waals surface area contributed by atoms with Gasteiger partial charge in [-0.25, -0.2) is 9.37 Å². The Morgan fingerprint density at radius 1 is 1.18 bits per heavy atom. The van der Waals surface area contributed by atoms with E-state index in [1.165, 1.54) is 12.1 Å². The van der Waals surface area contributed by atoms with Crippen molar-refractivity contribution in [3.63, 3.8) is 0 Å². The summed E-state index contributed by atoms with van der Waals surface area (Å²) in [6.45, 7) is 8.12. The highest BCUT2D eigenvalue weighted by molar-refractivity contribution is 5.78. The zero-order valence-electron chi connectivity index (χ0n) is 16.4. The van der Waals surface area contributed by atoms with Crippen LogP contribution in [0.4, 0.5) is 4.39 Å². The van der Waals surface area contributed by atoms with Crippen LogP contribution in [-0.4, -0.2) is 27.6 Å². The van der Waals surface area contributed by atoms with Gasteiger partial charge in [0.1, 0.15) is 11.6 Å². The molecule has 0 aliphatic rings. The normalized spacial score (nSPS) is 11.6. The maximum atomic E-state index is 13.0. The van der Waals surface area contributed by atoms with Gasteiger partial charge in [0.15, 0.2) is 5.82 Å². The van der Waals surface area contributed by atoms with E-state index >= 15 is 0 Å². The average molecular weight is 386 g/mol. The van der Waals surface area contributed by atoms with Crippen LogP contribution < -0.4 is 5.32 Å². The number of benzene rings is 1. The second-order valence-electron chi connectivity index (χ2n) is 7.57. The number of aryl methyl sites for hydroxylation is 1. The van der Waals surface area contributed by atoms with Gasteiger partial charge in [0.25, 0.3) is 0 Å². The fraction of sp³-hybridized carbons (Fsp3) is 0.400. The summed E-state index contributed by atoms with van der Waals surface area (Å²) < 4.78 is 23.9. The van der Waals surface area contributed by atoms with Gasteiger partial charge in [0.05, 0.1) is 12.1 Å². The first kappa shape index (κ1) is 19.7. The van der Waals surface area contributed by atoms with Crippen LogP contribution in [0.3, 0.4) is 0 Å². The SMILES string of the molecule is Cc1oc(-c2ccc(F)cc2)nc1CC(=O)NCCc1noc(C(C)(C)C)n1. The fourth-order valence-electron chi connectivity index (χ4n) is 2.50. The molecule has 1 amide bonds. The van der Waals surface area contributed by atoms with Crippen LogP contribution in [0, 0.1) is 12.7 Å². The molecule has 0 aliphatic heterocycles. The Hall–Kier alpha value is -3.03. The second kappa shape index (κ2) is 7.92. The molecule has 0 saturated heterocycles. The number of rotatable bonds is 6. The molecule has 0 bridgehead atoms. The average Bonchev–Trinajstić information content (AvgIpc) is 3.23.